The lowest BCUT2D eigenvalue weighted by Crippen LogP contribution is -2.51. The van der Waals surface area contributed by atoms with Gasteiger partial charge in [0.15, 0.2) is 17.3 Å². The fourth-order valence-corrected chi connectivity index (χ4v) is 6.52. The molecule has 7 rings (SSSR count). The van der Waals surface area contributed by atoms with Gasteiger partial charge in [0.25, 0.3) is 11.5 Å². The number of aromatic nitrogens is 8. The Balaban J connectivity index is 1.27. The van der Waals surface area contributed by atoms with Crippen LogP contribution < -0.4 is 15.8 Å². The Labute approximate surface area is 299 Å². The maximum absolute atomic E-state index is 14.3. The van der Waals surface area contributed by atoms with Crippen molar-refractivity contribution in [3.8, 4) is 17.1 Å². The molecule has 0 bridgehead atoms. The topological polar surface area (TPSA) is 168 Å². The predicted octanol–water partition coefficient (Wildman–Crippen LogP) is 3.81. The van der Waals surface area contributed by atoms with E-state index >= 15 is 0 Å². The number of alkyl halides is 3. The molecule has 1 aliphatic rings. The van der Waals surface area contributed by atoms with Crippen molar-refractivity contribution in [1.82, 2.24) is 43.4 Å². The molecule has 6 heterocycles. The van der Waals surface area contributed by atoms with Crippen molar-refractivity contribution in [2.24, 2.45) is 0 Å². The van der Waals surface area contributed by atoms with Gasteiger partial charge in [0, 0.05) is 49.8 Å². The van der Waals surface area contributed by atoms with Gasteiger partial charge in [0.05, 0.1) is 22.6 Å². The van der Waals surface area contributed by atoms with Crippen LogP contribution in [0.3, 0.4) is 0 Å². The molecule has 1 saturated heterocycles. The summed E-state index contributed by atoms with van der Waals surface area (Å²) in [6, 6.07) is 6.64. The lowest BCUT2D eigenvalue weighted by Gasteiger charge is -2.36. The van der Waals surface area contributed by atoms with Crippen molar-refractivity contribution < 1.29 is 27.9 Å². The molecule has 6 aromatic rings. The Morgan fingerprint density at radius 2 is 1.74 bits per heavy atom. The van der Waals surface area contributed by atoms with Crippen LogP contribution in [0.4, 0.5) is 24.5 Å². The van der Waals surface area contributed by atoms with Crippen molar-refractivity contribution in [3.05, 3.63) is 93.3 Å². The van der Waals surface area contributed by atoms with E-state index in [0.29, 0.717) is 23.3 Å². The number of carbonyl (C=O) groups is 2. The number of imidazole rings is 1. The standard InChI is InChI=1S/C35H34F3N11O4/c1-5-25-29(45-10-12-46(13-11-45)32(52)28-30(51)21(4)39-18-40-28)33(53)49-34(43-31(44-49)22-6-9-26-41-20(3)15-47(26)16-22)48(25)17-27(50)42-24-8-7-23(14-19(24)2)35(36,37)38/h6-9,14-16,18,51H,5,10-13,17H2,1-4H3,(H,42,50). The average molecular weight is 730 g/mol. The monoisotopic (exact) mass is 729 g/mol. The van der Waals surface area contributed by atoms with Crippen molar-refractivity contribution in [3.63, 3.8) is 0 Å². The second kappa shape index (κ2) is 13.3. The highest BCUT2D eigenvalue weighted by molar-refractivity contribution is 5.95. The van der Waals surface area contributed by atoms with E-state index in [9.17, 15) is 32.7 Å². The lowest BCUT2D eigenvalue weighted by molar-refractivity contribution is -0.137. The van der Waals surface area contributed by atoms with E-state index in [1.54, 1.807) is 29.8 Å². The molecule has 53 heavy (non-hydrogen) atoms. The number of carbonyl (C=O) groups excluding carboxylic acids is 2. The molecular formula is C35H34F3N11O4. The van der Waals surface area contributed by atoms with Crippen LogP contribution in [0.1, 0.15) is 45.6 Å². The smallest absolute Gasteiger partial charge is 0.416 e. The number of amides is 2. The molecule has 15 nitrogen and oxygen atoms in total. The summed E-state index contributed by atoms with van der Waals surface area (Å²) in [4.78, 5) is 61.7. The molecule has 0 saturated carbocycles. The molecule has 274 valence electrons. The minimum Gasteiger partial charge on any atom is -0.504 e. The number of anilines is 2. The predicted molar refractivity (Wildman–Crippen MR) is 187 cm³/mol. The third-order valence-corrected chi connectivity index (χ3v) is 9.21. The summed E-state index contributed by atoms with van der Waals surface area (Å²) in [5.74, 6) is -1.02. The van der Waals surface area contributed by atoms with Crippen molar-refractivity contribution in [1.29, 1.82) is 0 Å². The van der Waals surface area contributed by atoms with Gasteiger partial charge in [-0.05, 0) is 63.1 Å². The third-order valence-electron chi connectivity index (χ3n) is 9.21. The molecule has 2 N–H and O–H groups in total. The SMILES string of the molecule is CCc1c(N2CCN(C(=O)c3ncnc(C)c3O)CC2)c(=O)n2nc(-c3ccc4nc(C)cn4c3)nc2n1CC(=O)Nc1ccc(C(F)(F)F)cc1C. The summed E-state index contributed by atoms with van der Waals surface area (Å²) in [6.07, 6.45) is 0.590. The van der Waals surface area contributed by atoms with E-state index < -0.39 is 29.1 Å². The first-order chi connectivity index (χ1) is 25.2. The molecule has 0 atom stereocenters. The molecule has 1 fully saturated rings. The molecule has 0 aliphatic carbocycles. The van der Waals surface area contributed by atoms with Crippen LogP contribution in [0.5, 0.6) is 5.75 Å². The van der Waals surface area contributed by atoms with Gasteiger partial charge < -0.3 is 29.2 Å². The first kappa shape index (κ1) is 35.1. The van der Waals surface area contributed by atoms with Gasteiger partial charge in [-0.15, -0.1) is 5.10 Å². The maximum Gasteiger partial charge on any atom is 0.416 e. The van der Waals surface area contributed by atoms with E-state index in [1.807, 2.05) is 29.3 Å². The highest BCUT2D eigenvalue weighted by Gasteiger charge is 2.32. The highest BCUT2D eigenvalue weighted by Crippen LogP contribution is 2.32. The third kappa shape index (κ3) is 6.51. The van der Waals surface area contributed by atoms with Crippen LogP contribution in [0, 0.1) is 20.8 Å². The minimum atomic E-state index is -4.54. The van der Waals surface area contributed by atoms with E-state index in [0.717, 1.165) is 22.3 Å². The fourth-order valence-electron chi connectivity index (χ4n) is 6.52. The summed E-state index contributed by atoms with van der Waals surface area (Å²) >= 11 is 0. The van der Waals surface area contributed by atoms with Crippen LogP contribution in [-0.2, 0) is 23.9 Å². The number of rotatable bonds is 7. The zero-order valence-electron chi connectivity index (χ0n) is 29.1. The number of hydrogen-bond acceptors (Lipinski definition) is 10. The van der Waals surface area contributed by atoms with E-state index in [2.05, 4.69) is 25.4 Å². The molecule has 18 heteroatoms. The number of halogens is 3. The summed E-state index contributed by atoms with van der Waals surface area (Å²) in [6.45, 7) is 7.25. The molecule has 0 unspecified atom stereocenters. The van der Waals surface area contributed by atoms with Crippen molar-refractivity contribution in [2.75, 3.05) is 36.4 Å². The number of hydrogen-bond donors (Lipinski definition) is 2. The van der Waals surface area contributed by atoms with Crippen LogP contribution in [-0.4, -0.2) is 86.5 Å². The van der Waals surface area contributed by atoms with Gasteiger partial charge in [-0.1, -0.05) is 6.92 Å². The molecule has 2 amide bonds. The first-order valence-corrected chi connectivity index (χ1v) is 16.7. The Morgan fingerprint density at radius 3 is 2.43 bits per heavy atom. The largest absolute Gasteiger partial charge is 0.504 e. The van der Waals surface area contributed by atoms with Gasteiger partial charge in [-0.3, -0.25) is 14.4 Å². The summed E-state index contributed by atoms with van der Waals surface area (Å²) in [7, 11) is 0. The van der Waals surface area contributed by atoms with Crippen LogP contribution in [0.15, 0.2) is 53.8 Å². The molecule has 0 radical (unpaired) electrons. The fraction of sp³-hybridized carbons (Fsp3) is 0.314. The second-order valence-electron chi connectivity index (χ2n) is 12.8. The zero-order chi connectivity index (χ0) is 37.8. The molecule has 1 aromatic carbocycles. The normalized spacial score (nSPS) is 13.6. The number of benzene rings is 1. The highest BCUT2D eigenvalue weighted by atomic mass is 19.4. The van der Waals surface area contributed by atoms with Crippen LogP contribution in [0.25, 0.3) is 22.8 Å². The Kier molecular flexibility index (Phi) is 8.83. The van der Waals surface area contributed by atoms with Gasteiger partial charge in [-0.2, -0.15) is 22.7 Å². The summed E-state index contributed by atoms with van der Waals surface area (Å²) in [5, 5.41) is 17.7. The number of nitrogens with zero attached hydrogens (tertiary/aromatic N) is 10. The molecule has 0 spiro atoms. The second-order valence-corrected chi connectivity index (χ2v) is 12.8. The molecular weight excluding hydrogens is 695 g/mol. The Bertz CT molecular complexity index is 2480. The summed E-state index contributed by atoms with van der Waals surface area (Å²) < 4.78 is 44.4. The van der Waals surface area contributed by atoms with E-state index in [1.165, 1.54) is 24.2 Å². The van der Waals surface area contributed by atoms with E-state index in [4.69, 9.17) is 4.98 Å². The lowest BCUT2D eigenvalue weighted by atomic mass is 10.1. The Morgan fingerprint density at radius 1 is 0.981 bits per heavy atom. The molecule has 5 aromatic heterocycles. The number of nitrogens with one attached hydrogen (secondary N) is 1. The van der Waals surface area contributed by atoms with Crippen molar-refractivity contribution in [2.45, 2.75) is 46.8 Å². The quantitative estimate of drug-likeness (QED) is 0.247. The number of pyridine rings is 1. The van der Waals surface area contributed by atoms with Gasteiger partial charge in [0.2, 0.25) is 11.7 Å². The van der Waals surface area contributed by atoms with E-state index in [-0.39, 0.29) is 78.4 Å². The Hall–Kier alpha value is -6.33. The van der Waals surface area contributed by atoms with Crippen molar-refractivity contribution >= 4 is 34.6 Å². The number of aryl methyl sites for hydroxylation is 3. The zero-order valence-corrected chi connectivity index (χ0v) is 29.1. The van der Waals surface area contributed by atoms with Crippen LogP contribution in [0.2, 0.25) is 0 Å². The van der Waals surface area contributed by atoms with Gasteiger partial charge >= 0.3 is 6.18 Å². The van der Waals surface area contributed by atoms with Gasteiger partial charge in [0.1, 0.15) is 24.2 Å². The first-order valence-electron chi connectivity index (χ1n) is 16.7. The molecule has 1 aliphatic heterocycles. The minimum absolute atomic E-state index is 0.0928. The number of aromatic hydroxyl groups is 1. The average Bonchev–Trinajstić information content (AvgIpc) is 3.74. The number of piperazine rings is 1. The number of fused-ring (bicyclic) bond motifs is 2. The van der Waals surface area contributed by atoms with Crippen LogP contribution >= 0.6 is 0 Å². The summed E-state index contributed by atoms with van der Waals surface area (Å²) in [5.41, 5.74) is 2.12. The van der Waals surface area contributed by atoms with Gasteiger partial charge in [-0.25, -0.2) is 15.0 Å². The maximum atomic E-state index is 14.3.